The lowest BCUT2D eigenvalue weighted by Gasteiger charge is -2.18. The number of nitrogens with one attached hydrogen (secondary N) is 1. The van der Waals surface area contributed by atoms with E-state index in [-0.39, 0.29) is 6.54 Å². The van der Waals surface area contributed by atoms with Gasteiger partial charge in [-0.25, -0.2) is 4.98 Å². The molecule has 2 rings (SSSR count). The summed E-state index contributed by atoms with van der Waals surface area (Å²) in [5.41, 5.74) is 0.761. The molecule has 0 radical (unpaired) electrons. The van der Waals surface area contributed by atoms with E-state index in [1.54, 1.807) is 44.3 Å². The van der Waals surface area contributed by atoms with Crippen molar-refractivity contribution in [1.29, 1.82) is 0 Å². The van der Waals surface area contributed by atoms with Gasteiger partial charge in [0.2, 0.25) is 5.88 Å². The Hall–Kier alpha value is -2.16. The van der Waals surface area contributed by atoms with E-state index in [1.165, 1.54) is 4.31 Å². The molecule has 0 atom stereocenters. The molecule has 0 amide bonds. The average molecular weight is 379 g/mol. The van der Waals surface area contributed by atoms with Gasteiger partial charge in [-0.15, -0.1) is 0 Å². The first-order valence-electron chi connectivity index (χ1n) is 8.58. The predicted molar refractivity (Wildman–Crippen MR) is 101 cm³/mol. The number of ether oxygens (including phenoxy) is 2. The van der Waals surface area contributed by atoms with Gasteiger partial charge in [0.25, 0.3) is 10.2 Å². The minimum atomic E-state index is -3.49. The second-order valence-corrected chi connectivity index (χ2v) is 7.17. The van der Waals surface area contributed by atoms with Crippen molar-refractivity contribution in [3.8, 4) is 17.4 Å². The highest BCUT2D eigenvalue weighted by Gasteiger charge is 2.17. The van der Waals surface area contributed by atoms with Crippen LogP contribution in [0.3, 0.4) is 0 Å². The third-order valence-electron chi connectivity index (χ3n) is 3.66. The minimum absolute atomic E-state index is 0.168. The van der Waals surface area contributed by atoms with Gasteiger partial charge < -0.3 is 9.47 Å². The fourth-order valence-electron chi connectivity index (χ4n) is 2.34. The summed E-state index contributed by atoms with van der Waals surface area (Å²) in [5.74, 6) is 1.79. The maximum atomic E-state index is 12.2. The topological polar surface area (TPSA) is 80.8 Å². The summed E-state index contributed by atoms with van der Waals surface area (Å²) in [7, 11) is -3.49. The molecule has 0 aliphatic rings. The van der Waals surface area contributed by atoms with Crippen LogP contribution in [0.1, 0.15) is 26.3 Å². The van der Waals surface area contributed by atoms with E-state index in [1.807, 2.05) is 19.1 Å². The lowest BCUT2D eigenvalue weighted by atomic mass is 10.3. The van der Waals surface area contributed by atoms with E-state index in [9.17, 15) is 8.42 Å². The molecule has 0 aliphatic carbocycles. The standard InChI is InChI=1S/C18H25N3O4S/c1-4-21(5-2)26(22,23)20-14-15-11-12-19-18(13-15)25-17-9-7-16(8-10-17)24-6-3/h7-13,20H,4-6,14H2,1-3H3. The molecule has 1 aromatic heterocycles. The fraction of sp³-hybridized carbons (Fsp3) is 0.389. The van der Waals surface area contributed by atoms with Crippen molar-refractivity contribution in [2.24, 2.45) is 0 Å². The highest BCUT2D eigenvalue weighted by atomic mass is 32.2. The number of nitrogens with zero attached hydrogens (tertiary/aromatic N) is 2. The number of aromatic nitrogens is 1. The average Bonchev–Trinajstić information content (AvgIpc) is 2.63. The third kappa shape index (κ3) is 5.69. The van der Waals surface area contributed by atoms with Crippen molar-refractivity contribution < 1.29 is 17.9 Å². The van der Waals surface area contributed by atoms with E-state index < -0.39 is 10.2 Å². The van der Waals surface area contributed by atoms with Gasteiger partial charge in [0.15, 0.2) is 0 Å². The molecule has 142 valence electrons. The Morgan fingerprint density at radius 1 is 1.04 bits per heavy atom. The van der Waals surface area contributed by atoms with Crippen LogP contribution in [-0.2, 0) is 16.8 Å². The number of hydrogen-bond donors (Lipinski definition) is 1. The van der Waals surface area contributed by atoms with E-state index in [0.29, 0.717) is 31.3 Å². The molecule has 8 heteroatoms. The van der Waals surface area contributed by atoms with Gasteiger partial charge in [0, 0.05) is 31.9 Å². The zero-order valence-corrected chi connectivity index (χ0v) is 16.1. The Labute approximate surface area is 155 Å². The smallest absolute Gasteiger partial charge is 0.279 e. The molecule has 26 heavy (non-hydrogen) atoms. The van der Waals surface area contributed by atoms with Gasteiger partial charge >= 0.3 is 0 Å². The SMILES string of the molecule is CCOc1ccc(Oc2cc(CNS(=O)(=O)N(CC)CC)ccn2)cc1. The summed E-state index contributed by atoms with van der Waals surface area (Å²) < 4.78 is 39.4. The molecular weight excluding hydrogens is 354 g/mol. The molecule has 0 spiro atoms. The number of hydrogen-bond acceptors (Lipinski definition) is 5. The molecule has 0 fully saturated rings. The van der Waals surface area contributed by atoms with Crippen LogP contribution >= 0.6 is 0 Å². The molecule has 0 unspecified atom stereocenters. The first kappa shape index (κ1) is 20.2. The van der Waals surface area contributed by atoms with Crippen LogP contribution in [0.25, 0.3) is 0 Å². The quantitative estimate of drug-likeness (QED) is 0.686. The van der Waals surface area contributed by atoms with E-state index >= 15 is 0 Å². The van der Waals surface area contributed by atoms with Crippen LogP contribution in [0.2, 0.25) is 0 Å². The number of benzene rings is 1. The van der Waals surface area contributed by atoms with Gasteiger partial charge in [0.05, 0.1) is 6.61 Å². The highest BCUT2D eigenvalue weighted by Crippen LogP contribution is 2.23. The summed E-state index contributed by atoms with van der Waals surface area (Å²) in [6.07, 6.45) is 1.59. The molecular formula is C18H25N3O4S. The first-order chi connectivity index (χ1) is 12.5. The van der Waals surface area contributed by atoms with Gasteiger partial charge in [-0.1, -0.05) is 13.8 Å². The number of pyridine rings is 1. The van der Waals surface area contributed by atoms with Crippen molar-refractivity contribution in [3.63, 3.8) is 0 Å². The monoisotopic (exact) mass is 379 g/mol. The molecule has 0 saturated carbocycles. The Bertz CT molecular complexity index is 790. The summed E-state index contributed by atoms with van der Waals surface area (Å²) in [5, 5.41) is 0. The zero-order valence-electron chi connectivity index (χ0n) is 15.3. The third-order valence-corrected chi connectivity index (χ3v) is 5.37. The Morgan fingerprint density at radius 3 is 2.31 bits per heavy atom. The molecule has 1 N–H and O–H groups in total. The lowest BCUT2D eigenvalue weighted by molar-refractivity contribution is 0.339. The molecule has 0 aliphatic heterocycles. The largest absolute Gasteiger partial charge is 0.494 e. The van der Waals surface area contributed by atoms with Crippen LogP contribution in [0, 0.1) is 0 Å². The Balaban J connectivity index is 2.01. The van der Waals surface area contributed by atoms with Crippen molar-refractivity contribution in [2.75, 3.05) is 19.7 Å². The summed E-state index contributed by atoms with van der Waals surface area (Å²) in [4.78, 5) is 4.16. The Morgan fingerprint density at radius 2 is 1.69 bits per heavy atom. The van der Waals surface area contributed by atoms with Crippen molar-refractivity contribution in [2.45, 2.75) is 27.3 Å². The predicted octanol–water partition coefficient (Wildman–Crippen LogP) is 2.95. The van der Waals surface area contributed by atoms with Crippen LogP contribution in [-0.4, -0.2) is 37.4 Å². The van der Waals surface area contributed by atoms with Gasteiger partial charge in [-0.05, 0) is 42.8 Å². The van der Waals surface area contributed by atoms with Crippen molar-refractivity contribution in [3.05, 3.63) is 48.2 Å². The molecule has 0 bridgehead atoms. The fourth-order valence-corrected chi connectivity index (χ4v) is 3.55. The van der Waals surface area contributed by atoms with E-state index in [0.717, 1.165) is 11.3 Å². The van der Waals surface area contributed by atoms with Gasteiger partial charge in [-0.2, -0.15) is 17.4 Å². The van der Waals surface area contributed by atoms with Crippen molar-refractivity contribution >= 4 is 10.2 Å². The molecule has 2 aromatic rings. The molecule has 1 aromatic carbocycles. The Kier molecular flexibility index (Phi) is 7.38. The van der Waals surface area contributed by atoms with Crippen LogP contribution in [0.5, 0.6) is 17.4 Å². The van der Waals surface area contributed by atoms with Crippen LogP contribution < -0.4 is 14.2 Å². The lowest BCUT2D eigenvalue weighted by Crippen LogP contribution is -2.40. The summed E-state index contributed by atoms with van der Waals surface area (Å²) in [6.45, 7) is 7.15. The number of rotatable bonds is 10. The van der Waals surface area contributed by atoms with Gasteiger partial charge in [-0.3, -0.25) is 0 Å². The second kappa shape index (κ2) is 9.51. The maximum Gasteiger partial charge on any atom is 0.279 e. The zero-order chi connectivity index (χ0) is 19.0. The highest BCUT2D eigenvalue weighted by molar-refractivity contribution is 7.87. The maximum absolute atomic E-state index is 12.2. The molecule has 0 saturated heterocycles. The van der Waals surface area contributed by atoms with E-state index in [4.69, 9.17) is 9.47 Å². The minimum Gasteiger partial charge on any atom is -0.494 e. The molecule has 7 nitrogen and oxygen atoms in total. The summed E-state index contributed by atoms with van der Waals surface area (Å²) >= 11 is 0. The van der Waals surface area contributed by atoms with Crippen LogP contribution in [0.4, 0.5) is 0 Å². The van der Waals surface area contributed by atoms with Gasteiger partial charge in [0.1, 0.15) is 11.5 Å². The second-order valence-electron chi connectivity index (χ2n) is 5.42. The van der Waals surface area contributed by atoms with Crippen LogP contribution in [0.15, 0.2) is 42.6 Å². The first-order valence-corrected chi connectivity index (χ1v) is 10.0. The van der Waals surface area contributed by atoms with Crippen molar-refractivity contribution in [1.82, 2.24) is 14.0 Å². The van der Waals surface area contributed by atoms with E-state index in [2.05, 4.69) is 9.71 Å². The normalized spacial score (nSPS) is 11.5. The summed E-state index contributed by atoms with van der Waals surface area (Å²) in [6, 6.07) is 10.7. The molecule has 1 heterocycles.